The van der Waals surface area contributed by atoms with Crippen molar-refractivity contribution in [1.82, 2.24) is 0 Å². The number of halogens is 2. The van der Waals surface area contributed by atoms with E-state index in [2.05, 4.69) is 5.32 Å². The van der Waals surface area contributed by atoms with E-state index in [0.29, 0.717) is 18.5 Å². The first kappa shape index (κ1) is 14.9. The summed E-state index contributed by atoms with van der Waals surface area (Å²) in [6.45, 7) is 1.85. The van der Waals surface area contributed by atoms with E-state index in [1.54, 1.807) is 0 Å². The maximum absolute atomic E-state index is 12.5. The van der Waals surface area contributed by atoms with Gasteiger partial charge in [-0.05, 0) is 37.6 Å². The number of anilines is 1. The molecule has 0 spiro atoms. The van der Waals surface area contributed by atoms with Gasteiger partial charge >= 0.3 is 0 Å². The molecule has 3 nitrogen and oxygen atoms in total. The van der Waals surface area contributed by atoms with E-state index in [-0.39, 0.29) is 30.2 Å². The van der Waals surface area contributed by atoms with E-state index in [4.69, 9.17) is 5.73 Å². The molecule has 90 valence electrons. The van der Waals surface area contributed by atoms with Crippen LogP contribution in [-0.2, 0) is 4.79 Å². The van der Waals surface area contributed by atoms with Crippen molar-refractivity contribution in [3.05, 3.63) is 30.1 Å². The van der Waals surface area contributed by atoms with Gasteiger partial charge in [0.25, 0.3) is 0 Å². The third-order valence-corrected chi connectivity index (χ3v) is 1.95. The molecule has 1 amide bonds. The van der Waals surface area contributed by atoms with Crippen molar-refractivity contribution < 1.29 is 9.18 Å². The van der Waals surface area contributed by atoms with Crippen molar-refractivity contribution in [2.45, 2.75) is 25.8 Å². The van der Waals surface area contributed by atoms with Crippen LogP contribution in [0.2, 0.25) is 0 Å². The highest BCUT2D eigenvalue weighted by Gasteiger charge is 2.03. The van der Waals surface area contributed by atoms with Crippen LogP contribution >= 0.6 is 12.4 Å². The monoisotopic (exact) mass is 246 g/mol. The van der Waals surface area contributed by atoms with Crippen LogP contribution in [0.25, 0.3) is 0 Å². The van der Waals surface area contributed by atoms with Gasteiger partial charge in [0.15, 0.2) is 0 Å². The molecule has 5 heteroatoms. The lowest BCUT2D eigenvalue weighted by Gasteiger charge is -2.06. The Bertz CT molecular complexity index is 327. The number of amides is 1. The van der Waals surface area contributed by atoms with Gasteiger partial charge in [0.1, 0.15) is 5.82 Å². The van der Waals surface area contributed by atoms with Crippen molar-refractivity contribution in [1.29, 1.82) is 0 Å². The van der Waals surface area contributed by atoms with Gasteiger partial charge in [0, 0.05) is 18.2 Å². The first-order valence-electron chi connectivity index (χ1n) is 4.89. The van der Waals surface area contributed by atoms with E-state index >= 15 is 0 Å². The molecule has 0 saturated heterocycles. The molecule has 0 bridgehead atoms. The topological polar surface area (TPSA) is 55.1 Å². The zero-order chi connectivity index (χ0) is 11.3. The summed E-state index contributed by atoms with van der Waals surface area (Å²) in [5, 5.41) is 2.66. The van der Waals surface area contributed by atoms with Gasteiger partial charge in [0.05, 0.1) is 0 Å². The summed E-state index contributed by atoms with van der Waals surface area (Å²) in [7, 11) is 0. The minimum atomic E-state index is -0.316. The summed E-state index contributed by atoms with van der Waals surface area (Å²) in [6.07, 6.45) is 1.03. The number of benzene rings is 1. The number of hydrogen-bond acceptors (Lipinski definition) is 2. The molecule has 1 atom stereocenters. The highest BCUT2D eigenvalue weighted by molar-refractivity contribution is 5.90. The molecule has 0 heterocycles. The second-order valence-electron chi connectivity index (χ2n) is 3.57. The highest BCUT2D eigenvalue weighted by atomic mass is 35.5. The Morgan fingerprint density at radius 2 is 2.00 bits per heavy atom. The van der Waals surface area contributed by atoms with E-state index in [1.165, 1.54) is 24.3 Å². The van der Waals surface area contributed by atoms with Crippen molar-refractivity contribution >= 4 is 24.0 Å². The van der Waals surface area contributed by atoms with Crippen LogP contribution in [0.4, 0.5) is 10.1 Å². The van der Waals surface area contributed by atoms with Gasteiger partial charge in [-0.15, -0.1) is 12.4 Å². The normalized spacial score (nSPS) is 11.4. The minimum absolute atomic E-state index is 0. The Morgan fingerprint density at radius 3 is 2.50 bits per heavy atom. The summed E-state index contributed by atoms with van der Waals surface area (Å²) in [6, 6.07) is 5.68. The molecule has 0 saturated carbocycles. The van der Waals surface area contributed by atoms with Gasteiger partial charge in [-0.25, -0.2) is 4.39 Å². The SMILES string of the molecule is CC(N)CCC(=O)Nc1ccc(F)cc1.Cl. The van der Waals surface area contributed by atoms with Crippen molar-refractivity contribution in [3.8, 4) is 0 Å². The summed E-state index contributed by atoms with van der Waals surface area (Å²) in [4.78, 5) is 11.3. The third kappa shape index (κ3) is 5.68. The summed E-state index contributed by atoms with van der Waals surface area (Å²) < 4.78 is 12.5. The maximum atomic E-state index is 12.5. The first-order valence-corrected chi connectivity index (χ1v) is 4.89. The Morgan fingerprint density at radius 1 is 1.44 bits per heavy atom. The standard InChI is InChI=1S/C11H15FN2O.ClH/c1-8(13)2-7-11(15)14-10-5-3-9(12)4-6-10;/h3-6,8H,2,7,13H2,1H3,(H,14,15);1H. The van der Waals surface area contributed by atoms with Gasteiger partial charge in [-0.1, -0.05) is 0 Å². The maximum Gasteiger partial charge on any atom is 0.224 e. The lowest BCUT2D eigenvalue weighted by molar-refractivity contribution is -0.116. The molecule has 16 heavy (non-hydrogen) atoms. The van der Waals surface area contributed by atoms with Crippen molar-refractivity contribution in [2.24, 2.45) is 5.73 Å². The Hall–Kier alpha value is -1.13. The van der Waals surface area contributed by atoms with Gasteiger partial charge < -0.3 is 11.1 Å². The van der Waals surface area contributed by atoms with Gasteiger partial charge in [-0.2, -0.15) is 0 Å². The average Bonchev–Trinajstić information content (AvgIpc) is 2.19. The molecule has 0 radical (unpaired) electrons. The van der Waals surface area contributed by atoms with Crippen LogP contribution in [0.5, 0.6) is 0 Å². The van der Waals surface area contributed by atoms with Crippen LogP contribution < -0.4 is 11.1 Å². The number of nitrogens with two attached hydrogens (primary N) is 1. The molecule has 3 N–H and O–H groups in total. The second kappa shape index (κ2) is 7.19. The van der Waals surface area contributed by atoms with E-state index in [9.17, 15) is 9.18 Å². The summed E-state index contributed by atoms with van der Waals surface area (Å²) >= 11 is 0. The quantitative estimate of drug-likeness (QED) is 0.857. The number of hydrogen-bond donors (Lipinski definition) is 2. The van der Waals surface area contributed by atoms with E-state index < -0.39 is 0 Å². The number of nitrogens with one attached hydrogen (secondary N) is 1. The minimum Gasteiger partial charge on any atom is -0.328 e. The molecule has 1 unspecified atom stereocenters. The molecule has 0 aliphatic carbocycles. The highest BCUT2D eigenvalue weighted by Crippen LogP contribution is 2.09. The largest absolute Gasteiger partial charge is 0.328 e. The lowest BCUT2D eigenvalue weighted by Crippen LogP contribution is -2.19. The first-order chi connectivity index (χ1) is 7.08. The molecule has 0 aromatic heterocycles. The molecule has 0 aliphatic heterocycles. The van der Waals surface area contributed by atoms with Crippen molar-refractivity contribution in [3.63, 3.8) is 0 Å². The predicted octanol–water partition coefficient (Wildman–Crippen LogP) is 2.31. The van der Waals surface area contributed by atoms with Crippen LogP contribution in [-0.4, -0.2) is 11.9 Å². The van der Waals surface area contributed by atoms with Crippen LogP contribution in [0.1, 0.15) is 19.8 Å². The number of carbonyl (C=O) groups excluding carboxylic acids is 1. The van der Waals surface area contributed by atoms with E-state index in [0.717, 1.165) is 0 Å². The molecular weight excluding hydrogens is 231 g/mol. The molecule has 0 aliphatic rings. The smallest absolute Gasteiger partial charge is 0.224 e. The molecule has 1 aromatic carbocycles. The van der Waals surface area contributed by atoms with Crippen LogP contribution in [0.15, 0.2) is 24.3 Å². The summed E-state index contributed by atoms with van der Waals surface area (Å²) in [5.41, 5.74) is 6.13. The second-order valence-corrected chi connectivity index (χ2v) is 3.57. The average molecular weight is 247 g/mol. The van der Waals surface area contributed by atoms with Crippen molar-refractivity contribution in [2.75, 3.05) is 5.32 Å². The molecular formula is C11H16ClFN2O. The van der Waals surface area contributed by atoms with Gasteiger partial charge in [-0.3, -0.25) is 4.79 Å². The lowest BCUT2D eigenvalue weighted by atomic mass is 10.2. The van der Waals surface area contributed by atoms with Gasteiger partial charge in [0.2, 0.25) is 5.91 Å². The Balaban J connectivity index is 0.00000225. The fourth-order valence-corrected chi connectivity index (χ4v) is 1.12. The number of carbonyl (C=O) groups is 1. The molecule has 0 fully saturated rings. The third-order valence-electron chi connectivity index (χ3n) is 1.95. The fourth-order valence-electron chi connectivity index (χ4n) is 1.12. The van der Waals surface area contributed by atoms with Crippen LogP contribution in [0, 0.1) is 5.82 Å². The van der Waals surface area contributed by atoms with E-state index in [1.807, 2.05) is 6.92 Å². The zero-order valence-corrected chi connectivity index (χ0v) is 9.89. The predicted molar refractivity (Wildman–Crippen MR) is 65.2 cm³/mol. The fraction of sp³-hybridized carbons (Fsp3) is 0.364. The Labute approximate surface area is 101 Å². The molecule has 1 aromatic rings. The zero-order valence-electron chi connectivity index (χ0n) is 9.07. The van der Waals surface area contributed by atoms with Crippen LogP contribution in [0.3, 0.4) is 0 Å². The molecule has 1 rings (SSSR count). The Kier molecular flexibility index (Phi) is 6.69. The summed E-state index contributed by atoms with van der Waals surface area (Å²) in [5.74, 6) is -0.414. The number of rotatable bonds is 4.